The summed E-state index contributed by atoms with van der Waals surface area (Å²) in [6.45, 7) is 3.87. The van der Waals surface area contributed by atoms with Gasteiger partial charge in [-0.1, -0.05) is 0 Å². The van der Waals surface area contributed by atoms with Crippen molar-refractivity contribution in [1.29, 1.82) is 0 Å². The summed E-state index contributed by atoms with van der Waals surface area (Å²) in [5, 5.41) is 11.2. The second-order valence-electron chi connectivity index (χ2n) is 7.26. The Morgan fingerprint density at radius 3 is 3.04 bits per heavy atom. The number of thiazole rings is 1. The average molecular weight is 334 g/mol. The maximum Gasteiger partial charge on any atom is 0.237 e. The Morgan fingerprint density at radius 2 is 2.22 bits per heavy atom. The molecule has 0 bridgehead atoms. The van der Waals surface area contributed by atoms with Gasteiger partial charge in [-0.05, 0) is 57.0 Å². The zero-order chi connectivity index (χ0) is 15.7. The van der Waals surface area contributed by atoms with Gasteiger partial charge in [0.1, 0.15) is 0 Å². The topological polar surface area (TPSA) is 66.0 Å². The fourth-order valence-corrected chi connectivity index (χ4v) is 5.36. The van der Waals surface area contributed by atoms with E-state index in [1.165, 1.54) is 41.3 Å². The van der Waals surface area contributed by atoms with Gasteiger partial charge < -0.3 is 16.0 Å². The Hall–Kier alpha value is -0.980. The van der Waals surface area contributed by atoms with Crippen molar-refractivity contribution in [3.8, 4) is 0 Å². The van der Waals surface area contributed by atoms with Crippen LogP contribution in [0.4, 0.5) is 0 Å². The Kier molecular flexibility index (Phi) is 4.39. The smallest absolute Gasteiger partial charge is 0.237 e. The van der Waals surface area contributed by atoms with E-state index in [4.69, 9.17) is 4.98 Å². The van der Waals surface area contributed by atoms with E-state index in [1.807, 2.05) is 11.3 Å². The summed E-state index contributed by atoms with van der Waals surface area (Å²) in [7, 11) is 0. The zero-order valence-corrected chi connectivity index (χ0v) is 14.4. The largest absolute Gasteiger partial charge is 0.354 e. The summed E-state index contributed by atoms with van der Waals surface area (Å²) in [5.41, 5.74) is 1.66. The molecule has 126 valence electrons. The number of fused-ring (bicyclic) bond motifs is 1. The van der Waals surface area contributed by atoms with Crippen LogP contribution in [0.2, 0.25) is 0 Å². The SMILES string of the molecule is O=C(NCCc1nc2c(s1)CCC2)[C@@H]1CC2(CCNCC2)CN1. The Morgan fingerprint density at radius 1 is 1.35 bits per heavy atom. The maximum absolute atomic E-state index is 12.4. The van der Waals surface area contributed by atoms with E-state index in [0.29, 0.717) is 12.0 Å². The lowest BCUT2D eigenvalue weighted by atomic mass is 9.77. The van der Waals surface area contributed by atoms with E-state index in [2.05, 4.69) is 16.0 Å². The van der Waals surface area contributed by atoms with Crippen LogP contribution in [0.5, 0.6) is 0 Å². The third-order valence-electron chi connectivity index (χ3n) is 5.62. The van der Waals surface area contributed by atoms with Crippen molar-refractivity contribution >= 4 is 17.2 Å². The molecule has 1 aromatic heterocycles. The van der Waals surface area contributed by atoms with Gasteiger partial charge in [0.25, 0.3) is 0 Å². The molecule has 1 aliphatic carbocycles. The van der Waals surface area contributed by atoms with Crippen LogP contribution in [-0.4, -0.2) is 43.1 Å². The number of nitrogens with zero attached hydrogens (tertiary/aromatic N) is 1. The molecular weight excluding hydrogens is 308 g/mol. The van der Waals surface area contributed by atoms with Crippen LogP contribution in [0.3, 0.4) is 0 Å². The molecule has 0 unspecified atom stereocenters. The first-order valence-electron chi connectivity index (χ1n) is 8.93. The summed E-state index contributed by atoms with van der Waals surface area (Å²) in [4.78, 5) is 18.6. The number of nitrogens with one attached hydrogen (secondary N) is 3. The number of rotatable bonds is 4. The molecule has 3 N–H and O–H groups in total. The molecule has 0 saturated carbocycles. The third-order valence-corrected chi connectivity index (χ3v) is 6.84. The van der Waals surface area contributed by atoms with E-state index in [1.54, 1.807) is 0 Å². The van der Waals surface area contributed by atoms with Crippen LogP contribution in [0.25, 0.3) is 0 Å². The van der Waals surface area contributed by atoms with Gasteiger partial charge in [0, 0.05) is 24.4 Å². The fraction of sp³-hybridized carbons (Fsp3) is 0.765. The molecule has 2 aliphatic heterocycles. The molecule has 1 spiro atoms. The van der Waals surface area contributed by atoms with Gasteiger partial charge in [-0.2, -0.15) is 0 Å². The van der Waals surface area contributed by atoms with E-state index in [-0.39, 0.29) is 11.9 Å². The molecule has 6 heteroatoms. The minimum absolute atomic E-state index is 0.00518. The molecule has 3 aliphatic rings. The van der Waals surface area contributed by atoms with Gasteiger partial charge >= 0.3 is 0 Å². The first-order valence-corrected chi connectivity index (χ1v) is 9.75. The first-order chi connectivity index (χ1) is 11.2. The normalized spacial score (nSPS) is 25.7. The highest BCUT2D eigenvalue weighted by molar-refractivity contribution is 7.11. The summed E-state index contributed by atoms with van der Waals surface area (Å²) in [6.07, 6.45) is 7.83. The van der Waals surface area contributed by atoms with Crippen LogP contribution >= 0.6 is 11.3 Å². The predicted molar refractivity (Wildman–Crippen MR) is 91.8 cm³/mol. The van der Waals surface area contributed by atoms with E-state index in [9.17, 15) is 4.79 Å². The molecule has 3 heterocycles. The lowest BCUT2D eigenvalue weighted by molar-refractivity contribution is -0.122. The average Bonchev–Trinajstić information content (AvgIpc) is 3.23. The minimum atomic E-state index is -0.00518. The fourth-order valence-electron chi connectivity index (χ4n) is 4.21. The monoisotopic (exact) mass is 334 g/mol. The summed E-state index contributed by atoms with van der Waals surface area (Å²) in [5.74, 6) is 0.171. The third kappa shape index (κ3) is 3.30. The summed E-state index contributed by atoms with van der Waals surface area (Å²) < 4.78 is 0. The van der Waals surface area contributed by atoms with E-state index < -0.39 is 0 Å². The number of amides is 1. The maximum atomic E-state index is 12.4. The lowest BCUT2D eigenvalue weighted by Crippen LogP contribution is -2.41. The molecule has 23 heavy (non-hydrogen) atoms. The Bertz CT molecular complexity index is 558. The first kappa shape index (κ1) is 15.5. The predicted octanol–water partition coefficient (Wildman–Crippen LogP) is 1.02. The molecule has 2 saturated heterocycles. The van der Waals surface area contributed by atoms with Gasteiger partial charge in [0.2, 0.25) is 5.91 Å². The van der Waals surface area contributed by atoms with Crippen LogP contribution in [0.15, 0.2) is 0 Å². The number of carbonyl (C=O) groups excluding carboxylic acids is 1. The molecule has 1 aromatic rings. The number of hydrogen-bond acceptors (Lipinski definition) is 5. The van der Waals surface area contributed by atoms with E-state index in [0.717, 1.165) is 38.9 Å². The molecule has 1 atom stereocenters. The second-order valence-corrected chi connectivity index (χ2v) is 8.43. The highest BCUT2D eigenvalue weighted by Gasteiger charge is 2.41. The molecule has 2 fully saturated rings. The number of hydrogen-bond donors (Lipinski definition) is 3. The molecule has 0 radical (unpaired) electrons. The van der Waals surface area contributed by atoms with Crippen molar-refractivity contribution in [3.05, 3.63) is 15.6 Å². The Balaban J connectivity index is 1.24. The summed E-state index contributed by atoms with van der Waals surface area (Å²) in [6, 6.07) is -0.00518. The number of carbonyl (C=O) groups is 1. The number of piperidine rings is 1. The highest BCUT2D eigenvalue weighted by atomic mass is 32.1. The Labute approximate surface area is 141 Å². The molecule has 0 aromatic carbocycles. The van der Waals surface area contributed by atoms with Crippen molar-refractivity contribution in [3.63, 3.8) is 0 Å². The van der Waals surface area contributed by atoms with Crippen molar-refractivity contribution < 1.29 is 4.79 Å². The molecule has 5 nitrogen and oxygen atoms in total. The quantitative estimate of drug-likeness (QED) is 0.769. The highest BCUT2D eigenvalue weighted by Crippen LogP contribution is 2.37. The lowest BCUT2D eigenvalue weighted by Gasteiger charge is -2.33. The van der Waals surface area contributed by atoms with Crippen molar-refractivity contribution in [2.75, 3.05) is 26.2 Å². The van der Waals surface area contributed by atoms with Crippen molar-refractivity contribution in [2.24, 2.45) is 5.41 Å². The number of aromatic nitrogens is 1. The van der Waals surface area contributed by atoms with Crippen LogP contribution in [0.1, 0.15) is 41.3 Å². The minimum Gasteiger partial charge on any atom is -0.354 e. The zero-order valence-electron chi connectivity index (χ0n) is 13.6. The van der Waals surface area contributed by atoms with Gasteiger partial charge in [0.15, 0.2) is 0 Å². The molecule has 4 rings (SSSR count). The van der Waals surface area contributed by atoms with Gasteiger partial charge in [0.05, 0.1) is 16.7 Å². The standard InChI is InChI=1S/C17H26N4OS/c22-16(13-10-17(11-20-13)5-8-18-9-6-17)19-7-4-15-21-12-2-1-3-14(12)23-15/h13,18,20H,1-11H2,(H,19,22)/t13-/m0/s1. The molecule has 1 amide bonds. The number of aryl methyl sites for hydroxylation is 2. The van der Waals surface area contributed by atoms with Crippen LogP contribution < -0.4 is 16.0 Å². The van der Waals surface area contributed by atoms with Gasteiger partial charge in [-0.25, -0.2) is 4.98 Å². The van der Waals surface area contributed by atoms with Crippen molar-refractivity contribution in [1.82, 2.24) is 20.9 Å². The van der Waals surface area contributed by atoms with E-state index >= 15 is 0 Å². The van der Waals surface area contributed by atoms with Crippen LogP contribution in [0, 0.1) is 5.41 Å². The van der Waals surface area contributed by atoms with Gasteiger partial charge in [-0.3, -0.25) is 4.79 Å². The van der Waals surface area contributed by atoms with Crippen LogP contribution in [-0.2, 0) is 24.1 Å². The van der Waals surface area contributed by atoms with Gasteiger partial charge in [-0.15, -0.1) is 11.3 Å². The van der Waals surface area contributed by atoms with Crippen molar-refractivity contribution in [2.45, 2.75) is 51.0 Å². The second kappa shape index (κ2) is 6.49. The molecular formula is C17H26N4OS. The summed E-state index contributed by atoms with van der Waals surface area (Å²) >= 11 is 1.84.